The quantitative estimate of drug-likeness (QED) is 0.826. The van der Waals surface area contributed by atoms with E-state index >= 15 is 0 Å². The fourth-order valence-electron chi connectivity index (χ4n) is 1.61. The van der Waals surface area contributed by atoms with Crippen LogP contribution in [-0.4, -0.2) is 28.3 Å². The Bertz CT molecular complexity index is 390. The number of hydrogen-bond donors (Lipinski definition) is 1. The molecule has 0 saturated heterocycles. The van der Waals surface area contributed by atoms with E-state index in [0.29, 0.717) is 5.82 Å². The molecule has 0 saturated carbocycles. The summed E-state index contributed by atoms with van der Waals surface area (Å²) in [6.45, 7) is 2.04. The van der Waals surface area contributed by atoms with Gasteiger partial charge in [0.05, 0.1) is 6.04 Å². The first-order chi connectivity index (χ1) is 7.81. The molecule has 2 rings (SSSR count). The van der Waals surface area contributed by atoms with Gasteiger partial charge in [0.1, 0.15) is 5.82 Å². The van der Waals surface area contributed by atoms with Crippen molar-refractivity contribution in [1.29, 1.82) is 0 Å². The third-order valence-corrected chi connectivity index (χ3v) is 2.51. The lowest BCUT2D eigenvalue weighted by Gasteiger charge is -2.20. The van der Waals surface area contributed by atoms with Crippen molar-refractivity contribution >= 4 is 18.1 Å². The van der Waals surface area contributed by atoms with Gasteiger partial charge in [-0.2, -0.15) is 5.10 Å². The first kappa shape index (κ1) is 10.6. The second kappa shape index (κ2) is 4.74. The Balaban J connectivity index is 2.01. The van der Waals surface area contributed by atoms with Crippen LogP contribution in [0.5, 0.6) is 0 Å². The van der Waals surface area contributed by atoms with Gasteiger partial charge in [-0.15, -0.1) is 0 Å². The summed E-state index contributed by atoms with van der Waals surface area (Å²) < 4.78 is 0. The van der Waals surface area contributed by atoms with Crippen molar-refractivity contribution in [3.63, 3.8) is 0 Å². The molecule has 0 spiro atoms. The number of carbonyl (C=O) groups excluding carboxylic acids is 1. The average Bonchev–Trinajstić information content (AvgIpc) is 2.78. The molecule has 84 valence electrons. The van der Waals surface area contributed by atoms with E-state index in [-0.39, 0.29) is 12.1 Å². The number of rotatable bonds is 2. The SMILES string of the molecule is CCC1CC=NN1C(=O)Nc1ccccn1. The van der Waals surface area contributed by atoms with Gasteiger partial charge >= 0.3 is 6.03 Å². The molecule has 1 N–H and O–H groups in total. The smallest absolute Gasteiger partial charge is 0.291 e. The van der Waals surface area contributed by atoms with Crippen LogP contribution in [0, 0.1) is 0 Å². The first-order valence-corrected chi connectivity index (χ1v) is 5.35. The zero-order chi connectivity index (χ0) is 11.4. The summed E-state index contributed by atoms with van der Waals surface area (Å²) >= 11 is 0. The lowest BCUT2D eigenvalue weighted by atomic mass is 10.2. The molecule has 0 fully saturated rings. The standard InChI is InChI=1S/C11H14N4O/c1-2-9-6-8-13-15(9)11(16)14-10-5-3-4-7-12-10/h3-5,7-9H,2,6H2,1H3,(H,12,14,16). The van der Waals surface area contributed by atoms with Crippen LogP contribution < -0.4 is 5.32 Å². The molecular formula is C11H14N4O. The van der Waals surface area contributed by atoms with E-state index in [4.69, 9.17) is 0 Å². The van der Waals surface area contributed by atoms with Gasteiger partial charge in [-0.3, -0.25) is 5.32 Å². The number of carbonyl (C=O) groups is 1. The molecule has 0 radical (unpaired) electrons. The second-order valence-corrected chi connectivity index (χ2v) is 3.59. The molecule has 1 aliphatic rings. The third kappa shape index (κ3) is 2.18. The van der Waals surface area contributed by atoms with E-state index in [1.54, 1.807) is 24.5 Å². The molecule has 5 heteroatoms. The Kier molecular flexibility index (Phi) is 3.14. The maximum Gasteiger partial charge on any atom is 0.343 e. The fourth-order valence-corrected chi connectivity index (χ4v) is 1.61. The number of nitrogens with one attached hydrogen (secondary N) is 1. The molecule has 2 heterocycles. The summed E-state index contributed by atoms with van der Waals surface area (Å²) in [7, 11) is 0. The van der Waals surface area contributed by atoms with Gasteiger partial charge < -0.3 is 0 Å². The zero-order valence-corrected chi connectivity index (χ0v) is 9.13. The van der Waals surface area contributed by atoms with Crippen molar-refractivity contribution in [2.24, 2.45) is 5.10 Å². The summed E-state index contributed by atoms with van der Waals surface area (Å²) in [6, 6.07) is 5.33. The fraction of sp³-hybridized carbons (Fsp3) is 0.364. The van der Waals surface area contributed by atoms with Crippen molar-refractivity contribution in [1.82, 2.24) is 9.99 Å². The monoisotopic (exact) mass is 218 g/mol. The Morgan fingerprint density at radius 1 is 1.62 bits per heavy atom. The number of anilines is 1. The van der Waals surface area contributed by atoms with Gasteiger partial charge in [0.25, 0.3) is 0 Å². The zero-order valence-electron chi connectivity index (χ0n) is 9.13. The lowest BCUT2D eigenvalue weighted by molar-refractivity contribution is 0.198. The molecule has 16 heavy (non-hydrogen) atoms. The number of hydrogen-bond acceptors (Lipinski definition) is 3. The Hall–Kier alpha value is -1.91. The lowest BCUT2D eigenvalue weighted by Crippen LogP contribution is -2.35. The van der Waals surface area contributed by atoms with E-state index in [9.17, 15) is 4.79 Å². The molecule has 0 aromatic carbocycles. The van der Waals surface area contributed by atoms with Crippen LogP contribution in [0.25, 0.3) is 0 Å². The summed E-state index contributed by atoms with van der Waals surface area (Å²) in [6.07, 6.45) is 5.13. The molecule has 1 atom stereocenters. The van der Waals surface area contributed by atoms with Crippen LogP contribution >= 0.6 is 0 Å². The molecule has 0 aliphatic carbocycles. The van der Waals surface area contributed by atoms with Gasteiger partial charge in [-0.1, -0.05) is 13.0 Å². The summed E-state index contributed by atoms with van der Waals surface area (Å²) in [4.78, 5) is 15.9. The van der Waals surface area contributed by atoms with Gasteiger partial charge in [-0.25, -0.2) is 14.8 Å². The molecule has 2 amide bonds. The van der Waals surface area contributed by atoms with Crippen LogP contribution in [-0.2, 0) is 0 Å². The van der Waals surface area contributed by atoms with Crippen LogP contribution in [0.3, 0.4) is 0 Å². The number of pyridine rings is 1. The van der Waals surface area contributed by atoms with Crippen LogP contribution in [0.4, 0.5) is 10.6 Å². The van der Waals surface area contributed by atoms with Crippen molar-refractivity contribution < 1.29 is 4.79 Å². The van der Waals surface area contributed by atoms with Gasteiger partial charge in [0.2, 0.25) is 0 Å². The van der Waals surface area contributed by atoms with E-state index < -0.39 is 0 Å². The van der Waals surface area contributed by atoms with Crippen molar-refractivity contribution in [2.75, 3.05) is 5.32 Å². The molecule has 1 unspecified atom stereocenters. The minimum atomic E-state index is -0.223. The van der Waals surface area contributed by atoms with Gasteiger partial charge in [-0.05, 0) is 18.6 Å². The first-order valence-electron chi connectivity index (χ1n) is 5.35. The maximum absolute atomic E-state index is 11.8. The van der Waals surface area contributed by atoms with E-state index in [1.165, 1.54) is 5.01 Å². The number of urea groups is 1. The molecule has 1 aliphatic heterocycles. The number of aromatic nitrogens is 1. The molecule has 0 bridgehead atoms. The van der Waals surface area contributed by atoms with Crippen LogP contribution in [0.15, 0.2) is 29.5 Å². The number of hydrazone groups is 1. The van der Waals surface area contributed by atoms with E-state index in [1.807, 2.05) is 13.0 Å². The summed E-state index contributed by atoms with van der Waals surface area (Å²) in [5.41, 5.74) is 0. The highest BCUT2D eigenvalue weighted by molar-refractivity contribution is 5.89. The van der Waals surface area contributed by atoms with Crippen LogP contribution in [0.1, 0.15) is 19.8 Å². The van der Waals surface area contributed by atoms with Gasteiger partial charge in [0, 0.05) is 18.8 Å². The van der Waals surface area contributed by atoms with Crippen molar-refractivity contribution in [3.8, 4) is 0 Å². The average molecular weight is 218 g/mol. The molecule has 1 aromatic heterocycles. The second-order valence-electron chi connectivity index (χ2n) is 3.59. The number of nitrogens with zero attached hydrogens (tertiary/aromatic N) is 3. The largest absolute Gasteiger partial charge is 0.343 e. The predicted molar refractivity (Wildman–Crippen MR) is 62.3 cm³/mol. The Morgan fingerprint density at radius 3 is 3.19 bits per heavy atom. The van der Waals surface area contributed by atoms with Gasteiger partial charge in [0.15, 0.2) is 0 Å². The number of amides is 2. The van der Waals surface area contributed by atoms with Crippen LogP contribution in [0.2, 0.25) is 0 Å². The Labute approximate surface area is 94.2 Å². The topological polar surface area (TPSA) is 57.6 Å². The predicted octanol–water partition coefficient (Wildman–Crippen LogP) is 2.08. The molecular weight excluding hydrogens is 204 g/mol. The molecule has 5 nitrogen and oxygen atoms in total. The maximum atomic E-state index is 11.8. The van der Waals surface area contributed by atoms with Crippen molar-refractivity contribution in [3.05, 3.63) is 24.4 Å². The van der Waals surface area contributed by atoms with Crippen molar-refractivity contribution in [2.45, 2.75) is 25.8 Å². The molecule has 1 aromatic rings. The highest BCUT2D eigenvalue weighted by atomic mass is 16.2. The highest BCUT2D eigenvalue weighted by Gasteiger charge is 2.25. The van der Waals surface area contributed by atoms with E-state index in [0.717, 1.165) is 12.8 Å². The minimum Gasteiger partial charge on any atom is -0.291 e. The highest BCUT2D eigenvalue weighted by Crippen LogP contribution is 2.15. The van der Waals surface area contributed by atoms with E-state index in [2.05, 4.69) is 15.4 Å². The minimum absolute atomic E-state index is 0.170. The third-order valence-electron chi connectivity index (χ3n) is 2.51. The summed E-state index contributed by atoms with van der Waals surface area (Å²) in [5, 5.41) is 8.24. The Morgan fingerprint density at radius 2 is 2.50 bits per heavy atom. The summed E-state index contributed by atoms with van der Waals surface area (Å²) in [5.74, 6) is 0.546. The normalized spacial score (nSPS) is 18.8.